The van der Waals surface area contributed by atoms with Gasteiger partial charge in [-0.05, 0) is 12.8 Å². The van der Waals surface area contributed by atoms with Crippen molar-refractivity contribution in [3.8, 4) is 0 Å². The average Bonchev–Trinajstić information content (AvgIpc) is 2.55. The van der Waals surface area contributed by atoms with Gasteiger partial charge in [0.05, 0.1) is 12.2 Å². The summed E-state index contributed by atoms with van der Waals surface area (Å²) in [4.78, 5) is 10.9. The molecule has 0 atom stereocenters. The van der Waals surface area contributed by atoms with Crippen molar-refractivity contribution in [2.75, 3.05) is 0 Å². The van der Waals surface area contributed by atoms with Gasteiger partial charge in [-0.1, -0.05) is 30.9 Å². The van der Waals surface area contributed by atoms with Crippen LogP contribution in [0.4, 0.5) is 0 Å². The van der Waals surface area contributed by atoms with Gasteiger partial charge in [-0.15, -0.1) is 5.10 Å². The fourth-order valence-electron chi connectivity index (χ4n) is 2.17. The predicted octanol–water partition coefficient (Wildman–Crippen LogP) is 1.87. The monoisotopic (exact) mass is 209 g/mol. The minimum atomic E-state index is -0.941. The highest BCUT2D eigenvalue weighted by Gasteiger charge is 2.20. The van der Waals surface area contributed by atoms with Crippen LogP contribution in [0.1, 0.15) is 55.1 Å². The van der Waals surface area contributed by atoms with Gasteiger partial charge in [0.25, 0.3) is 0 Å². The van der Waals surface area contributed by atoms with Crippen LogP contribution >= 0.6 is 0 Å². The number of carboxylic acids is 1. The summed E-state index contributed by atoms with van der Waals surface area (Å²) in [7, 11) is 0. The third-order valence-corrected chi connectivity index (χ3v) is 2.96. The summed E-state index contributed by atoms with van der Waals surface area (Å²) in [5.41, 5.74) is 0.210. The van der Waals surface area contributed by atoms with E-state index < -0.39 is 5.97 Å². The van der Waals surface area contributed by atoms with E-state index >= 15 is 0 Å². The number of hydrogen-bond donors (Lipinski definition) is 1. The zero-order chi connectivity index (χ0) is 10.7. The molecule has 0 spiro atoms. The van der Waals surface area contributed by atoms with Gasteiger partial charge in [-0.25, -0.2) is 9.48 Å². The molecule has 0 unspecified atom stereocenters. The molecular formula is C10H15N3O2. The van der Waals surface area contributed by atoms with Crippen molar-refractivity contribution in [2.45, 2.75) is 44.6 Å². The van der Waals surface area contributed by atoms with Crippen LogP contribution in [0.5, 0.6) is 0 Å². The number of aromatic nitrogens is 3. The van der Waals surface area contributed by atoms with Gasteiger partial charge >= 0.3 is 5.97 Å². The summed E-state index contributed by atoms with van der Waals surface area (Å²) in [6, 6.07) is 0.223. The molecule has 5 heteroatoms. The highest BCUT2D eigenvalue weighted by Crippen LogP contribution is 2.27. The minimum Gasteiger partial charge on any atom is -0.476 e. The molecule has 0 saturated heterocycles. The van der Waals surface area contributed by atoms with Gasteiger partial charge in [-0.2, -0.15) is 0 Å². The lowest BCUT2D eigenvalue weighted by molar-refractivity contribution is 0.0679. The second-order valence-electron chi connectivity index (χ2n) is 4.01. The van der Waals surface area contributed by atoms with E-state index in [1.165, 1.54) is 19.0 Å². The van der Waals surface area contributed by atoms with Crippen LogP contribution in [-0.4, -0.2) is 26.1 Å². The SMILES string of the molecule is O=C(O)c1cnnn1C1CCCCCC1. The van der Waals surface area contributed by atoms with Gasteiger partial charge in [0.1, 0.15) is 0 Å². The number of carboxylic acid groups (broad SMARTS) is 1. The zero-order valence-electron chi connectivity index (χ0n) is 8.59. The van der Waals surface area contributed by atoms with Crippen molar-refractivity contribution in [1.82, 2.24) is 15.0 Å². The summed E-state index contributed by atoms with van der Waals surface area (Å²) in [6.45, 7) is 0. The Morgan fingerprint density at radius 2 is 2.00 bits per heavy atom. The lowest BCUT2D eigenvalue weighted by Gasteiger charge is -2.14. The molecule has 0 aliphatic heterocycles. The molecule has 82 valence electrons. The number of carbonyl (C=O) groups is 1. The highest BCUT2D eigenvalue weighted by molar-refractivity contribution is 5.85. The molecule has 0 aromatic carbocycles. The Morgan fingerprint density at radius 1 is 1.33 bits per heavy atom. The van der Waals surface area contributed by atoms with Crippen molar-refractivity contribution in [1.29, 1.82) is 0 Å². The first-order valence-electron chi connectivity index (χ1n) is 5.42. The minimum absolute atomic E-state index is 0.210. The normalized spacial score (nSPS) is 18.7. The fraction of sp³-hybridized carbons (Fsp3) is 0.700. The summed E-state index contributed by atoms with van der Waals surface area (Å²) in [6.07, 6.45) is 8.16. The lowest BCUT2D eigenvalue weighted by Crippen LogP contribution is -2.16. The topological polar surface area (TPSA) is 68.0 Å². The molecule has 1 N–H and O–H groups in total. The van der Waals surface area contributed by atoms with Crippen LogP contribution in [0.15, 0.2) is 6.20 Å². The van der Waals surface area contributed by atoms with Crippen LogP contribution in [0.2, 0.25) is 0 Å². The van der Waals surface area contributed by atoms with Crippen molar-refractivity contribution >= 4 is 5.97 Å². The van der Waals surface area contributed by atoms with Crippen molar-refractivity contribution in [2.24, 2.45) is 0 Å². The number of nitrogens with zero attached hydrogens (tertiary/aromatic N) is 3. The molecule has 0 bridgehead atoms. The molecule has 15 heavy (non-hydrogen) atoms. The molecule has 0 radical (unpaired) electrons. The first-order chi connectivity index (χ1) is 7.29. The molecule has 1 fully saturated rings. The van der Waals surface area contributed by atoms with E-state index in [0.717, 1.165) is 25.7 Å². The molecule has 1 aromatic heterocycles. The molecule has 0 amide bonds. The Kier molecular flexibility index (Phi) is 2.99. The van der Waals surface area contributed by atoms with Crippen LogP contribution in [0, 0.1) is 0 Å². The zero-order valence-corrected chi connectivity index (χ0v) is 8.59. The van der Waals surface area contributed by atoms with Crippen LogP contribution in [-0.2, 0) is 0 Å². The third kappa shape index (κ3) is 2.16. The third-order valence-electron chi connectivity index (χ3n) is 2.96. The number of rotatable bonds is 2. The Bertz CT molecular complexity index is 340. The molecule has 1 aliphatic carbocycles. The molecular weight excluding hydrogens is 194 g/mol. The summed E-state index contributed by atoms with van der Waals surface area (Å²) in [5, 5.41) is 16.5. The Labute approximate surface area is 88.1 Å². The molecule has 2 rings (SSSR count). The second kappa shape index (κ2) is 4.42. The van der Waals surface area contributed by atoms with E-state index in [9.17, 15) is 4.79 Å². The summed E-state index contributed by atoms with van der Waals surface area (Å²) >= 11 is 0. The average molecular weight is 209 g/mol. The van der Waals surface area contributed by atoms with Gasteiger partial charge in [0, 0.05) is 0 Å². The lowest BCUT2D eigenvalue weighted by atomic mass is 10.1. The van der Waals surface area contributed by atoms with E-state index in [4.69, 9.17) is 5.11 Å². The molecule has 1 aromatic rings. The van der Waals surface area contributed by atoms with Crippen molar-refractivity contribution < 1.29 is 9.90 Å². The highest BCUT2D eigenvalue weighted by atomic mass is 16.4. The van der Waals surface area contributed by atoms with E-state index in [2.05, 4.69) is 10.3 Å². The number of aromatic carboxylic acids is 1. The Balaban J connectivity index is 2.19. The first kappa shape index (κ1) is 10.1. The van der Waals surface area contributed by atoms with Gasteiger partial charge in [0.2, 0.25) is 0 Å². The van der Waals surface area contributed by atoms with Crippen LogP contribution < -0.4 is 0 Å². The fourth-order valence-corrected chi connectivity index (χ4v) is 2.17. The standard InChI is InChI=1S/C10H15N3O2/c14-10(15)9-7-11-12-13(9)8-5-3-1-2-4-6-8/h7-8H,1-6H2,(H,14,15). The Morgan fingerprint density at radius 3 is 2.60 bits per heavy atom. The van der Waals surface area contributed by atoms with Crippen molar-refractivity contribution in [3.63, 3.8) is 0 Å². The van der Waals surface area contributed by atoms with E-state index in [1.54, 1.807) is 4.68 Å². The van der Waals surface area contributed by atoms with E-state index in [1.807, 2.05) is 0 Å². The number of hydrogen-bond acceptors (Lipinski definition) is 3. The molecule has 1 aliphatic rings. The quantitative estimate of drug-likeness (QED) is 0.755. The predicted molar refractivity (Wildman–Crippen MR) is 53.7 cm³/mol. The van der Waals surface area contributed by atoms with Gasteiger partial charge in [-0.3, -0.25) is 0 Å². The van der Waals surface area contributed by atoms with E-state index in [-0.39, 0.29) is 11.7 Å². The molecule has 1 saturated carbocycles. The van der Waals surface area contributed by atoms with Crippen LogP contribution in [0.3, 0.4) is 0 Å². The molecule has 5 nitrogen and oxygen atoms in total. The summed E-state index contributed by atoms with van der Waals surface area (Å²) in [5.74, 6) is -0.941. The van der Waals surface area contributed by atoms with Crippen molar-refractivity contribution in [3.05, 3.63) is 11.9 Å². The second-order valence-corrected chi connectivity index (χ2v) is 4.01. The van der Waals surface area contributed by atoms with Crippen LogP contribution in [0.25, 0.3) is 0 Å². The maximum Gasteiger partial charge on any atom is 0.355 e. The molecule has 1 heterocycles. The maximum absolute atomic E-state index is 10.9. The van der Waals surface area contributed by atoms with E-state index in [0.29, 0.717) is 0 Å². The summed E-state index contributed by atoms with van der Waals surface area (Å²) < 4.78 is 1.58. The van der Waals surface area contributed by atoms with Gasteiger partial charge in [0.15, 0.2) is 5.69 Å². The maximum atomic E-state index is 10.9. The first-order valence-corrected chi connectivity index (χ1v) is 5.42. The van der Waals surface area contributed by atoms with Gasteiger partial charge < -0.3 is 5.11 Å². The smallest absolute Gasteiger partial charge is 0.355 e. The Hall–Kier alpha value is -1.39. The largest absolute Gasteiger partial charge is 0.476 e.